The molecule has 1 aliphatic rings. The number of pyridine rings is 1. The first-order valence-electron chi connectivity index (χ1n) is 7.21. The van der Waals surface area contributed by atoms with E-state index in [1.807, 2.05) is 31.2 Å². The van der Waals surface area contributed by atoms with Crippen molar-refractivity contribution in [2.45, 2.75) is 13.3 Å². The molecule has 5 heteroatoms. The normalized spacial score (nSPS) is 17.6. The van der Waals surface area contributed by atoms with Gasteiger partial charge in [-0.25, -0.2) is 0 Å². The highest BCUT2D eigenvalue weighted by molar-refractivity contribution is 6.03. The van der Waals surface area contributed by atoms with Gasteiger partial charge in [0.1, 0.15) is 0 Å². The molecule has 112 valence electrons. The highest BCUT2D eigenvalue weighted by Gasteiger charge is 2.35. The Balaban J connectivity index is 1.69. The molecule has 2 aromatic rings. The van der Waals surface area contributed by atoms with Gasteiger partial charge in [-0.3, -0.25) is 14.6 Å². The van der Waals surface area contributed by atoms with Crippen molar-refractivity contribution >= 4 is 23.2 Å². The zero-order chi connectivity index (χ0) is 15.5. The highest BCUT2D eigenvalue weighted by Crippen LogP contribution is 2.26. The summed E-state index contributed by atoms with van der Waals surface area (Å²) in [6.07, 6.45) is 3.47. The van der Waals surface area contributed by atoms with Crippen molar-refractivity contribution in [2.75, 3.05) is 16.8 Å². The number of carbonyl (C=O) groups excluding carboxylic acids is 2. The standard InChI is InChI=1S/C17H17N3O2/c1-12-4-6-15(7-5-12)20-11-13(9-16(20)21)17(22)19-14-3-2-8-18-10-14/h2-8,10,13H,9,11H2,1H3,(H,19,22)/t13-/m0/s1. The molecule has 1 atom stereocenters. The van der Waals surface area contributed by atoms with Gasteiger partial charge in [-0.15, -0.1) is 0 Å². The molecule has 0 radical (unpaired) electrons. The Morgan fingerprint density at radius 3 is 2.73 bits per heavy atom. The maximum atomic E-state index is 12.3. The van der Waals surface area contributed by atoms with Crippen LogP contribution in [-0.4, -0.2) is 23.3 Å². The van der Waals surface area contributed by atoms with Gasteiger partial charge in [0, 0.05) is 24.8 Å². The second-order valence-electron chi connectivity index (χ2n) is 5.47. The fourth-order valence-electron chi connectivity index (χ4n) is 2.54. The second-order valence-corrected chi connectivity index (χ2v) is 5.47. The van der Waals surface area contributed by atoms with E-state index in [0.29, 0.717) is 12.2 Å². The monoisotopic (exact) mass is 295 g/mol. The Kier molecular flexibility index (Phi) is 3.87. The lowest BCUT2D eigenvalue weighted by Gasteiger charge is -2.17. The van der Waals surface area contributed by atoms with Gasteiger partial charge < -0.3 is 10.2 Å². The van der Waals surface area contributed by atoms with Crippen LogP contribution in [0, 0.1) is 12.8 Å². The molecule has 3 rings (SSSR count). The summed E-state index contributed by atoms with van der Waals surface area (Å²) in [5.41, 5.74) is 2.63. The maximum Gasteiger partial charge on any atom is 0.229 e. The molecule has 0 unspecified atom stereocenters. The third kappa shape index (κ3) is 2.98. The van der Waals surface area contributed by atoms with Crippen LogP contribution in [0.5, 0.6) is 0 Å². The van der Waals surface area contributed by atoms with E-state index < -0.39 is 0 Å². The molecule has 1 aliphatic heterocycles. The molecule has 1 aromatic heterocycles. The van der Waals surface area contributed by atoms with Gasteiger partial charge in [-0.2, -0.15) is 0 Å². The molecule has 2 heterocycles. The number of nitrogens with zero attached hydrogens (tertiary/aromatic N) is 2. The van der Waals surface area contributed by atoms with Crippen molar-refractivity contribution in [3.8, 4) is 0 Å². The number of hydrogen-bond acceptors (Lipinski definition) is 3. The van der Waals surface area contributed by atoms with Crippen LogP contribution in [-0.2, 0) is 9.59 Å². The van der Waals surface area contributed by atoms with E-state index in [4.69, 9.17) is 0 Å². The van der Waals surface area contributed by atoms with Crippen LogP contribution in [0.4, 0.5) is 11.4 Å². The average Bonchev–Trinajstić information content (AvgIpc) is 2.91. The summed E-state index contributed by atoms with van der Waals surface area (Å²) in [4.78, 5) is 30.1. The number of nitrogens with one attached hydrogen (secondary N) is 1. The zero-order valence-electron chi connectivity index (χ0n) is 12.3. The molecule has 22 heavy (non-hydrogen) atoms. The minimum Gasteiger partial charge on any atom is -0.324 e. The quantitative estimate of drug-likeness (QED) is 0.945. The van der Waals surface area contributed by atoms with E-state index in [1.165, 1.54) is 0 Å². The molecule has 5 nitrogen and oxygen atoms in total. The summed E-state index contributed by atoms with van der Waals surface area (Å²) in [5, 5.41) is 2.81. The number of hydrogen-bond donors (Lipinski definition) is 1. The fourth-order valence-corrected chi connectivity index (χ4v) is 2.54. The fraction of sp³-hybridized carbons (Fsp3) is 0.235. The van der Waals surface area contributed by atoms with E-state index >= 15 is 0 Å². The molecule has 0 spiro atoms. The first-order chi connectivity index (χ1) is 10.6. The zero-order valence-corrected chi connectivity index (χ0v) is 12.3. The van der Waals surface area contributed by atoms with Crippen LogP contribution in [0.1, 0.15) is 12.0 Å². The number of rotatable bonds is 3. The summed E-state index contributed by atoms with van der Waals surface area (Å²) in [7, 11) is 0. The van der Waals surface area contributed by atoms with E-state index in [0.717, 1.165) is 11.3 Å². The second kappa shape index (κ2) is 5.97. The molecule has 1 saturated heterocycles. The van der Waals surface area contributed by atoms with Crippen LogP contribution < -0.4 is 10.2 Å². The minimum atomic E-state index is -0.339. The molecular weight excluding hydrogens is 278 g/mol. The molecule has 1 fully saturated rings. The van der Waals surface area contributed by atoms with Crippen LogP contribution in [0.25, 0.3) is 0 Å². The molecule has 0 aliphatic carbocycles. The third-order valence-electron chi connectivity index (χ3n) is 3.77. The maximum absolute atomic E-state index is 12.3. The van der Waals surface area contributed by atoms with Gasteiger partial charge in [0.15, 0.2) is 0 Å². The smallest absolute Gasteiger partial charge is 0.229 e. The first-order valence-corrected chi connectivity index (χ1v) is 7.21. The lowest BCUT2D eigenvalue weighted by molar-refractivity contribution is -0.122. The van der Waals surface area contributed by atoms with Crippen molar-refractivity contribution in [3.05, 3.63) is 54.4 Å². The summed E-state index contributed by atoms with van der Waals surface area (Å²) in [5.74, 6) is -0.500. The molecule has 0 saturated carbocycles. The number of amides is 2. The van der Waals surface area contributed by atoms with Crippen LogP contribution in [0.3, 0.4) is 0 Å². The SMILES string of the molecule is Cc1ccc(N2C[C@@H](C(=O)Nc3cccnc3)CC2=O)cc1. The highest BCUT2D eigenvalue weighted by atomic mass is 16.2. The number of anilines is 2. The van der Waals surface area contributed by atoms with Gasteiger partial charge in [0.05, 0.1) is 17.8 Å². The minimum absolute atomic E-state index is 0.0183. The Hall–Kier alpha value is -2.69. The Morgan fingerprint density at radius 2 is 2.05 bits per heavy atom. The number of aryl methyl sites for hydroxylation is 1. The van der Waals surface area contributed by atoms with Crippen molar-refractivity contribution in [1.82, 2.24) is 4.98 Å². The Bertz CT molecular complexity index is 683. The average molecular weight is 295 g/mol. The summed E-state index contributed by atoms with van der Waals surface area (Å²) >= 11 is 0. The van der Waals surface area contributed by atoms with Crippen LogP contribution >= 0.6 is 0 Å². The van der Waals surface area contributed by atoms with Crippen LogP contribution in [0.2, 0.25) is 0 Å². The van der Waals surface area contributed by atoms with E-state index in [9.17, 15) is 9.59 Å². The van der Waals surface area contributed by atoms with Gasteiger partial charge in [0.2, 0.25) is 11.8 Å². The molecular formula is C17H17N3O2. The Labute approximate surface area is 129 Å². The number of carbonyl (C=O) groups is 2. The van der Waals surface area contributed by atoms with Crippen molar-refractivity contribution in [1.29, 1.82) is 0 Å². The van der Waals surface area contributed by atoms with Gasteiger partial charge >= 0.3 is 0 Å². The molecule has 2 amide bonds. The predicted octanol–water partition coefficient (Wildman–Crippen LogP) is 2.38. The largest absolute Gasteiger partial charge is 0.324 e. The van der Waals surface area contributed by atoms with Crippen molar-refractivity contribution < 1.29 is 9.59 Å². The van der Waals surface area contributed by atoms with Crippen LogP contribution in [0.15, 0.2) is 48.8 Å². The van der Waals surface area contributed by atoms with Gasteiger partial charge in [-0.05, 0) is 31.2 Å². The van der Waals surface area contributed by atoms with Gasteiger partial charge in [-0.1, -0.05) is 17.7 Å². The summed E-state index contributed by atoms with van der Waals surface area (Å²) in [6, 6.07) is 11.3. The molecule has 1 N–H and O–H groups in total. The molecule has 1 aromatic carbocycles. The lowest BCUT2D eigenvalue weighted by atomic mass is 10.1. The summed E-state index contributed by atoms with van der Waals surface area (Å²) in [6.45, 7) is 2.41. The van der Waals surface area contributed by atoms with Gasteiger partial charge in [0.25, 0.3) is 0 Å². The third-order valence-corrected chi connectivity index (χ3v) is 3.77. The van der Waals surface area contributed by atoms with E-state index in [2.05, 4.69) is 10.3 Å². The number of aromatic nitrogens is 1. The number of benzene rings is 1. The van der Waals surface area contributed by atoms with E-state index in [-0.39, 0.29) is 24.2 Å². The Morgan fingerprint density at radius 1 is 1.27 bits per heavy atom. The van der Waals surface area contributed by atoms with Crippen molar-refractivity contribution in [2.24, 2.45) is 5.92 Å². The topological polar surface area (TPSA) is 62.3 Å². The van der Waals surface area contributed by atoms with Crippen molar-refractivity contribution in [3.63, 3.8) is 0 Å². The lowest BCUT2D eigenvalue weighted by Crippen LogP contribution is -2.28. The predicted molar refractivity (Wildman–Crippen MR) is 84.5 cm³/mol. The first kappa shape index (κ1) is 14.3. The molecule has 0 bridgehead atoms. The van der Waals surface area contributed by atoms with E-state index in [1.54, 1.807) is 29.4 Å². The summed E-state index contributed by atoms with van der Waals surface area (Å²) < 4.78 is 0.